The van der Waals surface area contributed by atoms with Crippen molar-refractivity contribution in [3.05, 3.63) is 29.8 Å². The normalized spacial score (nSPS) is 11.8. The minimum absolute atomic E-state index is 0.153. The summed E-state index contributed by atoms with van der Waals surface area (Å²) in [5.74, 6) is 0.153. The molecule has 0 saturated carbocycles. The number of carbonyl (C=O) groups is 1. The second-order valence-electron chi connectivity index (χ2n) is 6.49. The first-order valence-electron chi connectivity index (χ1n) is 8.21. The number of benzene rings is 1. The molecule has 0 atom stereocenters. The molecule has 0 aromatic heterocycles. The zero-order valence-electron chi connectivity index (χ0n) is 15.4. The number of rotatable bonds is 10. The van der Waals surface area contributed by atoms with Crippen LogP contribution in [0, 0.1) is 0 Å². The van der Waals surface area contributed by atoms with Crippen LogP contribution in [0.4, 0.5) is 5.69 Å². The molecule has 0 unspecified atom stereocenters. The summed E-state index contributed by atoms with van der Waals surface area (Å²) in [5.41, 5.74) is 1.37. The summed E-state index contributed by atoms with van der Waals surface area (Å²) >= 11 is 0. The third-order valence-electron chi connectivity index (χ3n) is 4.47. The Labute approximate surface area is 141 Å². The van der Waals surface area contributed by atoms with Crippen molar-refractivity contribution in [1.82, 2.24) is 15.5 Å². The van der Waals surface area contributed by atoms with Gasteiger partial charge in [-0.15, -0.1) is 0 Å². The summed E-state index contributed by atoms with van der Waals surface area (Å²) in [7, 11) is 7.92. The molecule has 0 fully saturated rings. The van der Waals surface area contributed by atoms with E-state index < -0.39 is 5.54 Å². The highest BCUT2D eigenvalue weighted by Crippen LogP contribution is 2.21. The van der Waals surface area contributed by atoms with Gasteiger partial charge in [-0.3, -0.25) is 9.69 Å². The molecule has 0 bridgehead atoms. The Kier molecular flexibility index (Phi) is 7.68. The van der Waals surface area contributed by atoms with Gasteiger partial charge in [0.15, 0.2) is 5.78 Å². The molecule has 0 amide bonds. The van der Waals surface area contributed by atoms with Crippen LogP contribution in [0.15, 0.2) is 24.3 Å². The van der Waals surface area contributed by atoms with Gasteiger partial charge in [-0.25, -0.2) is 0 Å². The van der Waals surface area contributed by atoms with Gasteiger partial charge in [0.1, 0.15) is 0 Å². The maximum absolute atomic E-state index is 12.8. The lowest BCUT2D eigenvalue weighted by Gasteiger charge is -2.34. The summed E-state index contributed by atoms with van der Waals surface area (Å²) in [6.45, 7) is 7.53. The summed E-state index contributed by atoms with van der Waals surface area (Å²) in [6, 6.07) is 7.90. The molecular formula is C18H32N4O. The van der Waals surface area contributed by atoms with Crippen LogP contribution in [0.5, 0.6) is 0 Å². The average molecular weight is 320 g/mol. The molecule has 5 heteroatoms. The van der Waals surface area contributed by atoms with Crippen molar-refractivity contribution < 1.29 is 4.79 Å². The van der Waals surface area contributed by atoms with Gasteiger partial charge < -0.3 is 15.5 Å². The van der Waals surface area contributed by atoms with Crippen LogP contribution in [0.3, 0.4) is 0 Å². The fourth-order valence-electron chi connectivity index (χ4n) is 2.36. The maximum atomic E-state index is 12.8. The van der Waals surface area contributed by atoms with Crippen LogP contribution in [-0.2, 0) is 0 Å². The van der Waals surface area contributed by atoms with Crippen molar-refractivity contribution in [3.63, 3.8) is 0 Å². The van der Waals surface area contributed by atoms with Crippen LogP contribution >= 0.6 is 0 Å². The molecule has 0 saturated heterocycles. The Bertz CT molecular complexity index is 484. The van der Waals surface area contributed by atoms with Gasteiger partial charge in [-0.05, 0) is 59.3 Å². The molecule has 0 aliphatic rings. The molecule has 1 rings (SSSR count). The van der Waals surface area contributed by atoms with Crippen LogP contribution in [-0.4, -0.2) is 70.6 Å². The lowest BCUT2D eigenvalue weighted by Crippen LogP contribution is -2.49. The third-order valence-corrected chi connectivity index (χ3v) is 4.47. The fourth-order valence-corrected chi connectivity index (χ4v) is 2.36. The van der Waals surface area contributed by atoms with E-state index in [4.69, 9.17) is 0 Å². The Morgan fingerprint density at radius 3 is 2.04 bits per heavy atom. The molecule has 2 N–H and O–H groups in total. The molecule has 0 aliphatic heterocycles. The maximum Gasteiger partial charge on any atom is 0.182 e. The lowest BCUT2D eigenvalue weighted by atomic mass is 9.91. The van der Waals surface area contributed by atoms with Gasteiger partial charge in [-0.2, -0.15) is 0 Å². The molecule has 0 heterocycles. The van der Waals surface area contributed by atoms with Crippen molar-refractivity contribution in [2.24, 2.45) is 0 Å². The number of nitrogens with zero attached hydrogens (tertiary/aromatic N) is 2. The quantitative estimate of drug-likeness (QED) is 0.639. The third kappa shape index (κ3) is 5.30. The van der Waals surface area contributed by atoms with Crippen molar-refractivity contribution >= 4 is 11.5 Å². The molecule has 0 spiro atoms. The predicted octanol–water partition coefficient (Wildman–Crippen LogP) is 1.45. The molecule has 5 nitrogen and oxygen atoms in total. The number of hydrogen-bond acceptors (Lipinski definition) is 5. The van der Waals surface area contributed by atoms with Crippen molar-refractivity contribution in [2.45, 2.75) is 19.4 Å². The van der Waals surface area contributed by atoms with E-state index in [9.17, 15) is 4.79 Å². The van der Waals surface area contributed by atoms with Gasteiger partial charge in [-0.1, -0.05) is 0 Å². The first kappa shape index (κ1) is 19.6. The van der Waals surface area contributed by atoms with Gasteiger partial charge in [0.05, 0.1) is 5.54 Å². The molecule has 130 valence electrons. The van der Waals surface area contributed by atoms with Gasteiger partial charge in [0.25, 0.3) is 0 Å². The van der Waals surface area contributed by atoms with E-state index in [1.54, 1.807) is 0 Å². The monoisotopic (exact) mass is 320 g/mol. The Morgan fingerprint density at radius 2 is 1.52 bits per heavy atom. The minimum atomic E-state index is -0.517. The average Bonchev–Trinajstić information content (AvgIpc) is 2.56. The molecule has 23 heavy (non-hydrogen) atoms. The van der Waals surface area contributed by atoms with E-state index in [0.717, 1.165) is 37.4 Å². The largest absolute Gasteiger partial charge is 0.373 e. The predicted molar refractivity (Wildman–Crippen MR) is 98.6 cm³/mol. The van der Waals surface area contributed by atoms with E-state index in [0.29, 0.717) is 0 Å². The van der Waals surface area contributed by atoms with E-state index in [2.05, 4.69) is 27.5 Å². The molecule has 0 aliphatic carbocycles. The topological polar surface area (TPSA) is 47.6 Å². The molecular weight excluding hydrogens is 288 g/mol. The molecule has 0 radical (unpaired) electrons. The highest BCUT2D eigenvalue weighted by atomic mass is 16.1. The van der Waals surface area contributed by atoms with Crippen molar-refractivity contribution in [1.29, 1.82) is 0 Å². The Balaban J connectivity index is 2.80. The first-order chi connectivity index (χ1) is 10.8. The summed E-state index contributed by atoms with van der Waals surface area (Å²) in [6.07, 6.45) is 0. The smallest absolute Gasteiger partial charge is 0.182 e. The van der Waals surface area contributed by atoms with E-state index in [-0.39, 0.29) is 5.78 Å². The van der Waals surface area contributed by atoms with Crippen molar-refractivity contribution in [2.75, 3.05) is 59.3 Å². The standard InChI is InChI=1S/C18H32N4O/c1-18(2,22(6)14-12-20-4)17(23)15-7-9-16(10-8-15)21(5)13-11-19-3/h7-10,19-20H,11-14H2,1-6H3. The number of Topliss-reactive ketones (excluding diaryl/α,β-unsaturated/α-hetero) is 1. The highest BCUT2D eigenvalue weighted by Gasteiger charge is 2.32. The number of anilines is 1. The number of ketones is 1. The molecule has 1 aromatic carbocycles. The fraction of sp³-hybridized carbons (Fsp3) is 0.611. The zero-order valence-corrected chi connectivity index (χ0v) is 15.4. The number of carbonyl (C=O) groups excluding carboxylic acids is 1. The number of nitrogens with one attached hydrogen (secondary N) is 2. The number of hydrogen-bond donors (Lipinski definition) is 2. The summed E-state index contributed by atoms with van der Waals surface area (Å²) < 4.78 is 0. The SMILES string of the molecule is CNCCN(C)c1ccc(C(=O)C(C)(C)N(C)CCNC)cc1. The minimum Gasteiger partial charge on any atom is -0.373 e. The summed E-state index contributed by atoms with van der Waals surface area (Å²) in [5, 5.41) is 6.26. The van der Waals surface area contributed by atoms with Crippen LogP contribution < -0.4 is 15.5 Å². The molecule has 1 aromatic rings. The van der Waals surface area contributed by atoms with Crippen LogP contribution in [0.1, 0.15) is 24.2 Å². The Morgan fingerprint density at radius 1 is 1.00 bits per heavy atom. The van der Waals surface area contributed by atoms with E-state index >= 15 is 0 Å². The first-order valence-corrected chi connectivity index (χ1v) is 8.21. The van der Waals surface area contributed by atoms with E-state index in [1.165, 1.54) is 0 Å². The van der Waals surface area contributed by atoms with E-state index in [1.807, 2.05) is 59.3 Å². The van der Waals surface area contributed by atoms with Gasteiger partial charge in [0.2, 0.25) is 0 Å². The Hall–Kier alpha value is -1.43. The lowest BCUT2D eigenvalue weighted by molar-refractivity contribution is 0.0710. The zero-order chi connectivity index (χ0) is 17.5. The highest BCUT2D eigenvalue weighted by molar-refractivity contribution is 6.02. The van der Waals surface area contributed by atoms with Gasteiger partial charge in [0, 0.05) is 44.5 Å². The van der Waals surface area contributed by atoms with Crippen LogP contribution in [0.2, 0.25) is 0 Å². The summed E-state index contributed by atoms with van der Waals surface area (Å²) in [4.78, 5) is 17.1. The van der Waals surface area contributed by atoms with Gasteiger partial charge >= 0.3 is 0 Å². The second-order valence-corrected chi connectivity index (χ2v) is 6.49. The van der Waals surface area contributed by atoms with Crippen molar-refractivity contribution in [3.8, 4) is 0 Å². The second kappa shape index (κ2) is 9.01. The van der Waals surface area contributed by atoms with Crippen LogP contribution in [0.25, 0.3) is 0 Å². The number of likely N-dealkylation sites (N-methyl/N-ethyl adjacent to an activating group) is 4.